The molecule has 1 aliphatic heterocycles. The van der Waals surface area contributed by atoms with E-state index in [9.17, 15) is 4.39 Å². The Morgan fingerprint density at radius 3 is 2.79 bits per heavy atom. The van der Waals surface area contributed by atoms with Gasteiger partial charge in [-0.05, 0) is 62.4 Å². The van der Waals surface area contributed by atoms with E-state index in [2.05, 4.69) is 22.4 Å². The van der Waals surface area contributed by atoms with Gasteiger partial charge in [0.15, 0.2) is 0 Å². The minimum absolute atomic E-state index is 0.0319. The zero-order valence-corrected chi connectivity index (χ0v) is 16.8. The van der Waals surface area contributed by atoms with Crippen LogP contribution in [0.1, 0.15) is 56.2 Å². The number of pyridine rings is 2. The summed E-state index contributed by atoms with van der Waals surface area (Å²) >= 11 is 5.83. The molecule has 28 heavy (non-hydrogen) atoms. The third kappa shape index (κ3) is 4.22. The Bertz CT molecular complexity index is 798. The Labute approximate surface area is 170 Å². The number of nitrogens with one attached hydrogen (secondary N) is 1. The molecule has 1 saturated carbocycles. The smallest absolute Gasteiger partial charge is 0.231 e. The molecule has 0 radical (unpaired) electrons. The average molecular weight is 404 g/mol. The standard InChI is InChI=1S/C22H27ClFN3O/c23-18-13-17(15-27-20(18)24)14-25-11-8-21(19-5-1-4-10-26-19)9-12-28-22(16-21)6-2-3-7-22/h1,4-5,10,13,15,25H,2-3,6-9,11-12,14,16H2. The molecular weight excluding hydrogens is 377 g/mol. The number of halogens is 2. The average Bonchev–Trinajstić information content (AvgIpc) is 3.16. The molecule has 0 aromatic carbocycles. The van der Waals surface area contributed by atoms with Gasteiger partial charge in [-0.1, -0.05) is 30.5 Å². The predicted octanol–water partition coefficient (Wildman–Crippen LogP) is 4.81. The lowest BCUT2D eigenvalue weighted by molar-refractivity contribution is -0.104. The number of nitrogens with zero attached hydrogens (tertiary/aromatic N) is 2. The Hall–Kier alpha value is -1.56. The maximum Gasteiger partial charge on any atom is 0.231 e. The topological polar surface area (TPSA) is 47.0 Å². The third-order valence-corrected chi connectivity index (χ3v) is 6.60. The highest BCUT2D eigenvalue weighted by molar-refractivity contribution is 6.30. The van der Waals surface area contributed by atoms with Gasteiger partial charge in [0.05, 0.1) is 10.6 Å². The highest BCUT2D eigenvalue weighted by Gasteiger charge is 2.48. The van der Waals surface area contributed by atoms with Crippen molar-refractivity contribution < 1.29 is 9.13 Å². The second kappa shape index (κ2) is 8.44. The fourth-order valence-corrected chi connectivity index (χ4v) is 5.10. The van der Waals surface area contributed by atoms with Crippen molar-refractivity contribution in [1.82, 2.24) is 15.3 Å². The van der Waals surface area contributed by atoms with Crippen molar-refractivity contribution in [1.29, 1.82) is 0 Å². The highest BCUT2D eigenvalue weighted by atomic mass is 35.5. The molecule has 2 aromatic rings. The zero-order chi connectivity index (χ0) is 19.5. The zero-order valence-electron chi connectivity index (χ0n) is 16.1. The Balaban J connectivity index is 1.45. The van der Waals surface area contributed by atoms with Gasteiger partial charge in [0, 0.05) is 36.7 Å². The number of hydrogen-bond donors (Lipinski definition) is 1. The van der Waals surface area contributed by atoms with Crippen LogP contribution in [0.25, 0.3) is 0 Å². The van der Waals surface area contributed by atoms with Gasteiger partial charge in [0.2, 0.25) is 5.95 Å². The van der Waals surface area contributed by atoms with E-state index in [0.29, 0.717) is 6.54 Å². The fraction of sp³-hybridized carbons (Fsp3) is 0.545. The number of rotatable bonds is 6. The first kappa shape index (κ1) is 19.7. The first-order chi connectivity index (χ1) is 13.6. The van der Waals surface area contributed by atoms with Gasteiger partial charge in [0.25, 0.3) is 0 Å². The van der Waals surface area contributed by atoms with Crippen LogP contribution in [-0.4, -0.2) is 28.7 Å². The summed E-state index contributed by atoms with van der Waals surface area (Å²) in [4.78, 5) is 8.43. The first-order valence-electron chi connectivity index (χ1n) is 10.2. The van der Waals surface area contributed by atoms with Crippen LogP contribution in [-0.2, 0) is 16.7 Å². The van der Waals surface area contributed by atoms with Crippen LogP contribution < -0.4 is 5.32 Å². The summed E-state index contributed by atoms with van der Waals surface area (Å²) in [5.74, 6) is -0.622. The van der Waals surface area contributed by atoms with Gasteiger partial charge in [-0.15, -0.1) is 0 Å². The first-order valence-corrected chi connectivity index (χ1v) is 10.5. The van der Waals surface area contributed by atoms with Crippen molar-refractivity contribution >= 4 is 11.6 Å². The Morgan fingerprint density at radius 2 is 2.04 bits per heavy atom. The summed E-state index contributed by atoms with van der Waals surface area (Å²) in [6.07, 6.45) is 11.3. The summed E-state index contributed by atoms with van der Waals surface area (Å²) in [5, 5.41) is 3.55. The van der Waals surface area contributed by atoms with Crippen molar-refractivity contribution in [2.24, 2.45) is 0 Å². The van der Waals surface area contributed by atoms with Crippen LogP contribution in [0, 0.1) is 5.95 Å². The lowest BCUT2D eigenvalue weighted by Crippen LogP contribution is -2.47. The molecule has 0 bridgehead atoms. The van der Waals surface area contributed by atoms with E-state index in [1.54, 1.807) is 6.07 Å². The molecule has 1 spiro atoms. The van der Waals surface area contributed by atoms with Crippen LogP contribution in [0.2, 0.25) is 5.02 Å². The van der Waals surface area contributed by atoms with Gasteiger partial charge in [-0.2, -0.15) is 4.39 Å². The van der Waals surface area contributed by atoms with Crippen molar-refractivity contribution in [3.8, 4) is 0 Å². The largest absolute Gasteiger partial charge is 0.375 e. The lowest BCUT2D eigenvalue weighted by atomic mass is 9.68. The van der Waals surface area contributed by atoms with Gasteiger partial charge in [-0.25, -0.2) is 4.98 Å². The van der Waals surface area contributed by atoms with Crippen LogP contribution in [0.4, 0.5) is 4.39 Å². The van der Waals surface area contributed by atoms with Gasteiger partial charge >= 0.3 is 0 Å². The molecule has 1 unspecified atom stereocenters. The SMILES string of the molecule is Fc1ncc(CNCCC2(c3ccccn3)CCOC3(CCCC3)C2)cc1Cl. The van der Waals surface area contributed by atoms with Crippen molar-refractivity contribution in [3.63, 3.8) is 0 Å². The molecular formula is C22H27ClFN3O. The summed E-state index contributed by atoms with van der Waals surface area (Å²) in [7, 11) is 0. The lowest BCUT2D eigenvalue weighted by Gasteiger charge is -2.46. The molecule has 6 heteroatoms. The van der Waals surface area contributed by atoms with E-state index in [1.807, 2.05) is 12.3 Å². The third-order valence-electron chi connectivity index (χ3n) is 6.33. The molecule has 2 fully saturated rings. The van der Waals surface area contributed by atoms with Crippen LogP contribution in [0.3, 0.4) is 0 Å². The molecule has 1 saturated heterocycles. The maximum atomic E-state index is 13.2. The highest BCUT2D eigenvalue weighted by Crippen LogP contribution is 2.49. The van der Waals surface area contributed by atoms with E-state index in [1.165, 1.54) is 24.7 Å². The molecule has 0 amide bonds. The van der Waals surface area contributed by atoms with Gasteiger partial charge in [-0.3, -0.25) is 4.98 Å². The van der Waals surface area contributed by atoms with Crippen LogP contribution in [0.5, 0.6) is 0 Å². The van der Waals surface area contributed by atoms with Crippen LogP contribution >= 0.6 is 11.6 Å². The molecule has 2 aromatic heterocycles. The molecule has 1 atom stereocenters. The van der Waals surface area contributed by atoms with Crippen molar-refractivity contribution in [2.75, 3.05) is 13.2 Å². The predicted molar refractivity (Wildman–Crippen MR) is 108 cm³/mol. The molecule has 4 rings (SSSR count). The molecule has 1 N–H and O–H groups in total. The molecule has 150 valence electrons. The summed E-state index contributed by atoms with van der Waals surface area (Å²) in [6.45, 7) is 2.27. The quantitative estimate of drug-likeness (QED) is 0.555. The summed E-state index contributed by atoms with van der Waals surface area (Å²) in [6, 6.07) is 7.86. The van der Waals surface area contributed by atoms with Crippen molar-refractivity contribution in [2.45, 2.75) is 62.5 Å². The minimum Gasteiger partial charge on any atom is -0.375 e. The van der Waals surface area contributed by atoms with E-state index >= 15 is 0 Å². The molecule has 4 nitrogen and oxygen atoms in total. The van der Waals surface area contributed by atoms with Crippen LogP contribution in [0.15, 0.2) is 36.7 Å². The van der Waals surface area contributed by atoms with E-state index in [4.69, 9.17) is 21.3 Å². The number of ether oxygens (including phenoxy) is 1. The van der Waals surface area contributed by atoms with Crippen molar-refractivity contribution in [3.05, 3.63) is 58.9 Å². The second-order valence-electron chi connectivity index (χ2n) is 8.20. The van der Waals surface area contributed by atoms with E-state index in [0.717, 1.165) is 50.8 Å². The van der Waals surface area contributed by atoms with E-state index in [-0.39, 0.29) is 16.0 Å². The number of hydrogen-bond acceptors (Lipinski definition) is 4. The minimum atomic E-state index is -0.622. The molecule has 2 aliphatic rings. The van der Waals surface area contributed by atoms with Gasteiger partial charge < -0.3 is 10.1 Å². The monoisotopic (exact) mass is 403 g/mol. The Morgan fingerprint density at radius 1 is 1.18 bits per heavy atom. The number of aromatic nitrogens is 2. The molecule has 1 aliphatic carbocycles. The van der Waals surface area contributed by atoms with Gasteiger partial charge in [0.1, 0.15) is 0 Å². The fourth-order valence-electron chi connectivity index (χ4n) is 4.91. The maximum absolute atomic E-state index is 13.2. The summed E-state index contributed by atoms with van der Waals surface area (Å²) in [5.41, 5.74) is 2.13. The second-order valence-corrected chi connectivity index (χ2v) is 8.61. The molecule has 3 heterocycles. The normalized spacial score (nSPS) is 23.9. The van der Waals surface area contributed by atoms with E-state index < -0.39 is 5.95 Å². The Kier molecular flexibility index (Phi) is 5.95. The summed E-state index contributed by atoms with van der Waals surface area (Å²) < 4.78 is 19.5.